The van der Waals surface area contributed by atoms with E-state index >= 15 is 0 Å². The monoisotopic (exact) mass is 247 g/mol. The molecule has 0 amide bonds. The second-order valence-electron chi connectivity index (χ2n) is 3.97. The predicted molar refractivity (Wildman–Crippen MR) is 72.1 cm³/mol. The average Bonchev–Trinajstić information content (AvgIpc) is 2.90. The third-order valence-electron chi connectivity index (χ3n) is 2.77. The van der Waals surface area contributed by atoms with E-state index in [1.165, 1.54) is 11.1 Å². The van der Waals surface area contributed by atoms with Crippen molar-refractivity contribution in [3.63, 3.8) is 0 Å². The normalized spacial score (nSPS) is 14.5. The highest BCUT2D eigenvalue weighted by molar-refractivity contribution is 7.07. The standard InChI is InChI=1S/C14H17NOS/c1-11(12-5-3-2-4-6-12)16-14(9-15)13-7-8-17-10-13/h2-8,10-11,14H,9,15H2,1H3. The fourth-order valence-electron chi connectivity index (χ4n) is 1.78. The lowest BCUT2D eigenvalue weighted by Gasteiger charge is -2.21. The van der Waals surface area contributed by atoms with Gasteiger partial charge in [-0.2, -0.15) is 11.3 Å². The molecule has 3 heteroatoms. The van der Waals surface area contributed by atoms with Crippen LogP contribution in [0.3, 0.4) is 0 Å². The Morgan fingerprint density at radius 2 is 1.94 bits per heavy atom. The van der Waals surface area contributed by atoms with Crippen molar-refractivity contribution in [3.8, 4) is 0 Å². The molecular weight excluding hydrogens is 230 g/mol. The van der Waals surface area contributed by atoms with Crippen LogP contribution in [0.25, 0.3) is 0 Å². The van der Waals surface area contributed by atoms with Crippen LogP contribution in [-0.4, -0.2) is 6.54 Å². The van der Waals surface area contributed by atoms with Gasteiger partial charge in [0.25, 0.3) is 0 Å². The molecule has 0 aliphatic rings. The summed E-state index contributed by atoms with van der Waals surface area (Å²) in [6.45, 7) is 2.57. The molecular formula is C14H17NOS. The van der Waals surface area contributed by atoms with Crippen molar-refractivity contribution in [1.82, 2.24) is 0 Å². The zero-order valence-electron chi connectivity index (χ0n) is 9.87. The maximum atomic E-state index is 6.01. The Balaban J connectivity index is 2.05. The van der Waals surface area contributed by atoms with Gasteiger partial charge in [0.15, 0.2) is 0 Å². The van der Waals surface area contributed by atoms with Crippen LogP contribution in [0.5, 0.6) is 0 Å². The van der Waals surface area contributed by atoms with Gasteiger partial charge in [-0.15, -0.1) is 0 Å². The van der Waals surface area contributed by atoms with Crippen molar-refractivity contribution in [2.75, 3.05) is 6.54 Å². The minimum atomic E-state index is -0.0172. The molecule has 0 saturated carbocycles. The molecule has 2 nitrogen and oxygen atoms in total. The molecule has 2 rings (SSSR count). The van der Waals surface area contributed by atoms with E-state index in [9.17, 15) is 0 Å². The van der Waals surface area contributed by atoms with Gasteiger partial charge in [-0.3, -0.25) is 0 Å². The number of hydrogen-bond donors (Lipinski definition) is 1. The van der Waals surface area contributed by atoms with E-state index in [-0.39, 0.29) is 12.2 Å². The molecule has 2 aromatic rings. The summed E-state index contributed by atoms with van der Waals surface area (Å²) < 4.78 is 6.01. The molecule has 1 aromatic carbocycles. The van der Waals surface area contributed by atoms with Crippen molar-refractivity contribution < 1.29 is 4.74 Å². The average molecular weight is 247 g/mol. The number of ether oxygens (including phenoxy) is 1. The molecule has 0 aliphatic heterocycles. The van der Waals surface area contributed by atoms with Crippen LogP contribution in [-0.2, 0) is 4.74 Å². The Kier molecular flexibility index (Phi) is 4.31. The number of rotatable bonds is 5. The Bertz CT molecular complexity index is 427. The van der Waals surface area contributed by atoms with Crippen LogP contribution in [0.2, 0.25) is 0 Å². The molecule has 0 spiro atoms. The molecule has 2 atom stereocenters. The van der Waals surface area contributed by atoms with Gasteiger partial charge in [0.2, 0.25) is 0 Å². The summed E-state index contributed by atoms with van der Waals surface area (Å²) in [4.78, 5) is 0. The van der Waals surface area contributed by atoms with Crippen LogP contribution in [0.1, 0.15) is 30.3 Å². The molecule has 0 radical (unpaired) electrons. The number of hydrogen-bond acceptors (Lipinski definition) is 3. The maximum Gasteiger partial charge on any atom is 0.0963 e. The fraction of sp³-hybridized carbons (Fsp3) is 0.286. The Hall–Kier alpha value is -1.16. The zero-order valence-corrected chi connectivity index (χ0v) is 10.7. The molecule has 1 heterocycles. The lowest BCUT2D eigenvalue weighted by atomic mass is 10.1. The second-order valence-corrected chi connectivity index (χ2v) is 4.75. The molecule has 0 aliphatic carbocycles. The number of nitrogens with two attached hydrogens (primary N) is 1. The molecule has 90 valence electrons. The van der Waals surface area contributed by atoms with Gasteiger partial charge in [-0.1, -0.05) is 30.3 Å². The minimum absolute atomic E-state index is 0.0172. The Morgan fingerprint density at radius 1 is 1.18 bits per heavy atom. The largest absolute Gasteiger partial charge is 0.365 e. The summed E-state index contributed by atoms with van der Waals surface area (Å²) in [5, 5.41) is 4.14. The fourth-order valence-corrected chi connectivity index (χ4v) is 2.48. The summed E-state index contributed by atoms with van der Waals surface area (Å²) in [5.74, 6) is 0. The Labute approximate surface area is 106 Å². The van der Waals surface area contributed by atoms with E-state index in [4.69, 9.17) is 10.5 Å². The van der Waals surface area contributed by atoms with Crippen LogP contribution < -0.4 is 5.73 Å². The summed E-state index contributed by atoms with van der Waals surface area (Å²) >= 11 is 1.67. The van der Waals surface area contributed by atoms with Gasteiger partial charge in [-0.05, 0) is 34.9 Å². The van der Waals surface area contributed by atoms with E-state index in [1.807, 2.05) is 18.2 Å². The van der Waals surface area contributed by atoms with Gasteiger partial charge in [0.1, 0.15) is 0 Å². The van der Waals surface area contributed by atoms with Crippen LogP contribution in [0, 0.1) is 0 Å². The first-order valence-corrected chi connectivity index (χ1v) is 6.68. The summed E-state index contributed by atoms with van der Waals surface area (Å²) in [6.07, 6.45) is 0.0427. The van der Waals surface area contributed by atoms with Gasteiger partial charge >= 0.3 is 0 Å². The Morgan fingerprint density at radius 3 is 2.53 bits per heavy atom. The molecule has 0 fully saturated rings. The van der Waals surface area contributed by atoms with E-state index in [1.54, 1.807) is 11.3 Å². The molecule has 0 saturated heterocycles. The van der Waals surface area contributed by atoms with E-state index < -0.39 is 0 Å². The van der Waals surface area contributed by atoms with Gasteiger partial charge in [0.05, 0.1) is 12.2 Å². The van der Waals surface area contributed by atoms with Gasteiger partial charge in [0, 0.05) is 6.54 Å². The minimum Gasteiger partial charge on any atom is -0.365 e. The molecule has 17 heavy (non-hydrogen) atoms. The lowest BCUT2D eigenvalue weighted by Crippen LogP contribution is -2.17. The van der Waals surface area contributed by atoms with Crippen molar-refractivity contribution in [3.05, 3.63) is 58.3 Å². The molecule has 2 unspecified atom stereocenters. The van der Waals surface area contributed by atoms with Gasteiger partial charge in [-0.25, -0.2) is 0 Å². The van der Waals surface area contributed by atoms with Crippen molar-refractivity contribution >= 4 is 11.3 Å². The molecule has 2 N–H and O–H groups in total. The summed E-state index contributed by atoms with van der Waals surface area (Å²) in [5.41, 5.74) is 8.12. The third kappa shape index (κ3) is 3.16. The molecule has 1 aromatic heterocycles. The maximum absolute atomic E-state index is 6.01. The van der Waals surface area contributed by atoms with Gasteiger partial charge < -0.3 is 10.5 Å². The van der Waals surface area contributed by atoms with E-state index in [0.29, 0.717) is 6.54 Å². The predicted octanol–water partition coefficient (Wildman–Crippen LogP) is 3.53. The highest BCUT2D eigenvalue weighted by atomic mass is 32.1. The van der Waals surface area contributed by atoms with E-state index in [2.05, 4.69) is 35.9 Å². The summed E-state index contributed by atoms with van der Waals surface area (Å²) in [6, 6.07) is 12.3. The van der Waals surface area contributed by atoms with Crippen LogP contribution in [0.4, 0.5) is 0 Å². The van der Waals surface area contributed by atoms with Crippen molar-refractivity contribution in [1.29, 1.82) is 0 Å². The smallest absolute Gasteiger partial charge is 0.0963 e. The highest BCUT2D eigenvalue weighted by Gasteiger charge is 2.15. The van der Waals surface area contributed by atoms with Crippen LogP contribution >= 0.6 is 11.3 Å². The molecule has 0 bridgehead atoms. The quantitative estimate of drug-likeness (QED) is 0.877. The first-order valence-electron chi connectivity index (χ1n) is 5.74. The first kappa shape index (κ1) is 12.3. The highest BCUT2D eigenvalue weighted by Crippen LogP contribution is 2.26. The van der Waals surface area contributed by atoms with Crippen LogP contribution in [0.15, 0.2) is 47.2 Å². The van der Waals surface area contributed by atoms with E-state index in [0.717, 1.165) is 0 Å². The topological polar surface area (TPSA) is 35.2 Å². The SMILES string of the molecule is CC(OC(CN)c1ccsc1)c1ccccc1. The first-order chi connectivity index (χ1) is 8.31. The lowest BCUT2D eigenvalue weighted by molar-refractivity contribution is 0.000454. The number of benzene rings is 1. The summed E-state index contributed by atoms with van der Waals surface area (Å²) in [7, 11) is 0. The zero-order chi connectivity index (χ0) is 12.1. The number of thiophene rings is 1. The second kappa shape index (κ2) is 5.96. The third-order valence-corrected chi connectivity index (χ3v) is 3.47. The van der Waals surface area contributed by atoms with Crippen molar-refractivity contribution in [2.45, 2.75) is 19.1 Å². The van der Waals surface area contributed by atoms with Crippen molar-refractivity contribution in [2.24, 2.45) is 5.73 Å².